The maximum Gasteiger partial charge on any atom is 0.349 e. The minimum Gasteiger partial charge on any atom is -0.465 e. The van der Waals surface area contributed by atoms with Gasteiger partial charge in [-0.25, -0.2) is 14.8 Å². The molecule has 8 heteroatoms. The van der Waals surface area contributed by atoms with Gasteiger partial charge in [-0.1, -0.05) is 84.1 Å². The van der Waals surface area contributed by atoms with E-state index in [-0.39, 0.29) is 5.97 Å². The van der Waals surface area contributed by atoms with E-state index in [0.717, 1.165) is 27.9 Å². The molecule has 7 nitrogen and oxygen atoms in total. The highest BCUT2D eigenvalue weighted by atomic mass is 32.1. The van der Waals surface area contributed by atoms with E-state index in [1.54, 1.807) is 0 Å². The summed E-state index contributed by atoms with van der Waals surface area (Å²) in [5.74, 6) is 0.151. The van der Waals surface area contributed by atoms with E-state index in [1.165, 1.54) is 18.4 Å². The number of anilines is 1. The highest BCUT2D eigenvalue weighted by Crippen LogP contribution is 2.27. The largest absolute Gasteiger partial charge is 0.465 e. The van der Waals surface area contributed by atoms with E-state index >= 15 is 0 Å². The van der Waals surface area contributed by atoms with Crippen LogP contribution in [0.3, 0.4) is 0 Å². The smallest absolute Gasteiger partial charge is 0.349 e. The molecular weight excluding hydrogens is 458 g/mol. The number of aromatic nitrogens is 3. The van der Waals surface area contributed by atoms with Gasteiger partial charge in [-0.2, -0.15) is 0 Å². The van der Waals surface area contributed by atoms with Gasteiger partial charge in [0.2, 0.25) is 4.80 Å². The van der Waals surface area contributed by atoms with Crippen molar-refractivity contribution < 1.29 is 9.53 Å². The van der Waals surface area contributed by atoms with Gasteiger partial charge in [-0.15, -0.1) is 5.10 Å². The first kappa shape index (κ1) is 22.5. The number of para-hydroxylation sites is 2. The molecule has 3 aromatic carbocycles. The summed E-state index contributed by atoms with van der Waals surface area (Å²) in [6.45, 7) is 2.46. The van der Waals surface area contributed by atoms with Crippen molar-refractivity contribution in [3.8, 4) is 11.3 Å². The molecule has 35 heavy (non-hydrogen) atoms. The normalized spacial score (nSPS) is 11.5. The van der Waals surface area contributed by atoms with Crippen LogP contribution < -0.4 is 10.2 Å². The fraction of sp³-hybridized carbons (Fsp3) is 0.111. The molecule has 0 atom stereocenters. The van der Waals surface area contributed by atoms with Crippen molar-refractivity contribution in [2.24, 2.45) is 5.10 Å². The van der Waals surface area contributed by atoms with Gasteiger partial charge in [0.05, 0.1) is 24.7 Å². The molecule has 0 saturated carbocycles. The number of benzene rings is 3. The number of thiazole rings is 1. The number of nitrogens with one attached hydrogen (secondary N) is 1. The molecule has 2 aromatic heterocycles. The number of nitrogens with zero attached hydrogens (tertiary/aromatic N) is 4. The topological polar surface area (TPSA) is 81.4 Å². The van der Waals surface area contributed by atoms with Crippen LogP contribution in [0.25, 0.3) is 22.3 Å². The Hall–Kier alpha value is -4.30. The summed E-state index contributed by atoms with van der Waals surface area (Å²) in [5.41, 5.74) is 8.22. The average molecular weight is 482 g/mol. The van der Waals surface area contributed by atoms with Gasteiger partial charge in [0.1, 0.15) is 10.6 Å². The second kappa shape index (κ2) is 9.90. The molecule has 1 N–H and O–H groups in total. The third-order valence-electron chi connectivity index (χ3n) is 5.59. The van der Waals surface area contributed by atoms with E-state index in [1.807, 2.05) is 96.4 Å². The average Bonchev–Trinajstić information content (AvgIpc) is 3.22. The van der Waals surface area contributed by atoms with Crippen molar-refractivity contribution in [1.82, 2.24) is 14.5 Å². The van der Waals surface area contributed by atoms with Crippen LogP contribution in [0.15, 0.2) is 90.0 Å². The van der Waals surface area contributed by atoms with E-state index < -0.39 is 0 Å². The first-order valence-electron chi connectivity index (χ1n) is 11.1. The predicted molar refractivity (Wildman–Crippen MR) is 138 cm³/mol. The second-order valence-electron chi connectivity index (χ2n) is 7.86. The molecule has 2 heterocycles. The van der Waals surface area contributed by atoms with Crippen LogP contribution in [0, 0.1) is 6.92 Å². The lowest BCUT2D eigenvalue weighted by molar-refractivity contribution is 0.0605. The van der Waals surface area contributed by atoms with Crippen LogP contribution in [0.4, 0.5) is 5.82 Å². The molecule has 0 saturated heterocycles. The Morgan fingerprint density at radius 3 is 2.26 bits per heavy atom. The molecule has 0 unspecified atom stereocenters. The van der Waals surface area contributed by atoms with E-state index in [2.05, 4.69) is 10.5 Å². The minimum absolute atomic E-state index is 0.383. The molecule has 0 aliphatic carbocycles. The number of esters is 1. The lowest BCUT2D eigenvalue weighted by Gasteiger charge is -2.10. The van der Waals surface area contributed by atoms with Gasteiger partial charge in [-0.05, 0) is 24.6 Å². The van der Waals surface area contributed by atoms with E-state index in [4.69, 9.17) is 14.7 Å². The SMILES string of the molecule is COC(=O)c1s/c(=N\Nc2nc3ccccc3nc2-c2ccccc2)n(Cc2ccccc2)c1C. The van der Waals surface area contributed by atoms with Crippen molar-refractivity contribution in [2.45, 2.75) is 13.5 Å². The lowest BCUT2D eigenvalue weighted by Crippen LogP contribution is -2.19. The van der Waals surface area contributed by atoms with Crippen molar-refractivity contribution >= 4 is 34.2 Å². The third kappa shape index (κ3) is 4.69. The van der Waals surface area contributed by atoms with Crippen LogP contribution in [-0.2, 0) is 11.3 Å². The maximum absolute atomic E-state index is 12.4. The molecule has 0 aliphatic rings. The molecule has 0 fully saturated rings. The van der Waals surface area contributed by atoms with Crippen LogP contribution in [0.2, 0.25) is 0 Å². The Morgan fingerprint density at radius 2 is 1.57 bits per heavy atom. The number of hydrogen-bond donors (Lipinski definition) is 1. The summed E-state index contributed by atoms with van der Waals surface area (Å²) < 4.78 is 6.99. The van der Waals surface area contributed by atoms with Crippen molar-refractivity contribution in [3.63, 3.8) is 0 Å². The van der Waals surface area contributed by atoms with Crippen molar-refractivity contribution in [3.05, 3.63) is 106 Å². The molecule has 0 aliphatic heterocycles. The van der Waals surface area contributed by atoms with Crippen molar-refractivity contribution in [2.75, 3.05) is 12.5 Å². The lowest BCUT2D eigenvalue weighted by atomic mass is 10.1. The van der Waals surface area contributed by atoms with Crippen molar-refractivity contribution in [1.29, 1.82) is 0 Å². The molecular formula is C27H23N5O2S. The summed E-state index contributed by atoms with van der Waals surface area (Å²) in [4.78, 5) is 23.2. The zero-order chi connectivity index (χ0) is 24.2. The summed E-state index contributed by atoms with van der Waals surface area (Å²) in [5, 5.41) is 4.68. The number of ether oxygens (including phenoxy) is 1. The van der Waals surface area contributed by atoms with Gasteiger partial charge in [0.15, 0.2) is 5.82 Å². The Labute approximate surface area is 206 Å². The number of fused-ring (bicyclic) bond motifs is 1. The Bertz CT molecular complexity index is 1560. The second-order valence-corrected chi connectivity index (χ2v) is 8.84. The molecule has 0 amide bonds. The van der Waals surface area contributed by atoms with E-state index in [0.29, 0.717) is 27.7 Å². The number of hydrogen-bond acceptors (Lipinski definition) is 7. The molecule has 174 valence electrons. The quantitative estimate of drug-likeness (QED) is 0.265. The third-order valence-corrected chi connectivity index (χ3v) is 6.75. The Balaban J connectivity index is 1.62. The van der Waals surface area contributed by atoms with Gasteiger partial charge < -0.3 is 9.30 Å². The summed E-state index contributed by atoms with van der Waals surface area (Å²) in [6, 6.07) is 27.6. The molecule has 0 radical (unpaired) electrons. The number of rotatable bonds is 6. The maximum atomic E-state index is 12.4. The van der Waals surface area contributed by atoms with Gasteiger partial charge >= 0.3 is 5.97 Å². The minimum atomic E-state index is -0.383. The Morgan fingerprint density at radius 1 is 0.943 bits per heavy atom. The zero-order valence-corrected chi connectivity index (χ0v) is 20.1. The Kier molecular flexibility index (Phi) is 6.36. The standard InChI is InChI=1S/C27H23N5O2S/c1-18-24(26(33)34-2)35-27(32(18)17-19-11-5-3-6-12-19)31-30-25-23(20-13-7-4-8-14-20)28-21-15-9-10-16-22(21)29-25/h3-16H,17H2,1-2H3,(H,29,30)/b31-27-. The van der Waals surface area contributed by atoms with E-state index in [9.17, 15) is 4.79 Å². The van der Waals surface area contributed by atoms with Gasteiger partial charge in [0.25, 0.3) is 0 Å². The summed E-state index contributed by atoms with van der Waals surface area (Å²) in [6.07, 6.45) is 0. The monoisotopic (exact) mass is 481 g/mol. The van der Waals surface area contributed by atoms with Gasteiger partial charge in [-0.3, -0.25) is 5.43 Å². The van der Waals surface area contributed by atoms with Crippen LogP contribution >= 0.6 is 11.3 Å². The van der Waals surface area contributed by atoms with Crippen LogP contribution in [0.1, 0.15) is 20.9 Å². The summed E-state index contributed by atoms with van der Waals surface area (Å²) in [7, 11) is 1.38. The molecule has 0 bridgehead atoms. The molecule has 0 spiro atoms. The first-order chi connectivity index (χ1) is 17.1. The number of carbonyl (C=O) groups excluding carboxylic acids is 1. The predicted octanol–water partition coefficient (Wildman–Crippen LogP) is 5.23. The fourth-order valence-corrected chi connectivity index (χ4v) is 4.79. The van der Waals surface area contributed by atoms with Gasteiger partial charge in [0, 0.05) is 11.3 Å². The number of carbonyl (C=O) groups is 1. The fourth-order valence-electron chi connectivity index (χ4n) is 3.78. The highest BCUT2D eigenvalue weighted by Gasteiger charge is 2.18. The number of methoxy groups -OCH3 is 1. The van der Waals surface area contributed by atoms with Crippen LogP contribution in [0.5, 0.6) is 0 Å². The zero-order valence-electron chi connectivity index (χ0n) is 19.3. The van der Waals surface area contributed by atoms with Crippen LogP contribution in [-0.4, -0.2) is 27.6 Å². The molecule has 5 aromatic rings. The first-order valence-corrected chi connectivity index (χ1v) is 11.9. The highest BCUT2D eigenvalue weighted by molar-refractivity contribution is 7.11. The molecule has 5 rings (SSSR count). The summed E-state index contributed by atoms with van der Waals surface area (Å²) >= 11 is 1.27.